The minimum atomic E-state index is -0.263. The Labute approximate surface area is 167 Å². The number of carbonyl (C=O) groups is 1. The SMILES string of the molecule is C[C@@H](c1ccc(F)cc1)N(C)C(=O)CN(C)Cc1ccccc1N1CCCC1. The van der Waals surface area contributed by atoms with Crippen LogP contribution in [0.5, 0.6) is 0 Å². The topological polar surface area (TPSA) is 26.8 Å². The maximum Gasteiger partial charge on any atom is 0.236 e. The average molecular weight is 384 g/mol. The summed E-state index contributed by atoms with van der Waals surface area (Å²) in [5.41, 5.74) is 3.47. The van der Waals surface area contributed by atoms with Gasteiger partial charge in [0.15, 0.2) is 0 Å². The molecule has 0 unspecified atom stereocenters. The molecule has 4 nitrogen and oxygen atoms in total. The zero-order valence-electron chi connectivity index (χ0n) is 17.1. The van der Waals surface area contributed by atoms with Gasteiger partial charge in [-0.1, -0.05) is 30.3 Å². The van der Waals surface area contributed by atoms with Crippen LogP contribution in [0.2, 0.25) is 0 Å². The Morgan fingerprint density at radius 2 is 1.71 bits per heavy atom. The van der Waals surface area contributed by atoms with Gasteiger partial charge in [0.2, 0.25) is 5.91 Å². The standard InChI is InChI=1S/C23H30FN3O/c1-18(19-10-12-21(24)13-11-19)26(3)23(28)17-25(2)16-20-8-4-5-9-22(20)27-14-6-7-15-27/h4-5,8-13,18H,6-7,14-17H2,1-3H3/t18-/m0/s1. The van der Waals surface area contributed by atoms with Gasteiger partial charge in [0.1, 0.15) is 5.82 Å². The van der Waals surface area contributed by atoms with Crippen LogP contribution in [0.4, 0.5) is 10.1 Å². The molecule has 1 heterocycles. The van der Waals surface area contributed by atoms with Crippen LogP contribution in [-0.4, -0.2) is 49.4 Å². The van der Waals surface area contributed by atoms with Crippen molar-refractivity contribution in [2.45, 2.75) is 32.4 Å². The average Bonchev–Trinajstić information content (AvgIpc) is 3.22. The smallest absolute Gasteiger partial charge is 0.236 e. The molecular weight excluding hydrogens is 353 g/mol. The van der Waals surface area contributed by atoms with Crippen molar-refractivity contribution < 1.29 is 9.18 Å². The van der Waals surface area contributed by atoms with E-state index in [-0.39, 0.29) is 17.8 Å². The number of amides is 1. The molecule has 0 N–H and O–H groups in total. The van der Waals surface area contributed by atoms with Crippen LogP contribution in [-0.2, 0) is 11.3 Å². The van der Waals surface area contributed by atoms with E-state index >= 15 is 0 Å². The third kappa shape index (κ3) is 4.90. The highest BCUT2D eigenvalue weighted by molar-refractivity contribution is 5.78. The first-order valence-electron chi connectivity index (χ1n) is 9.98. The van der Waals surface area contributed by atoms with E-state index in [1.165, 1.54) is 36.2 Å². The number of benzene rings is 2. The van der Waals surface area contributed by atoms with Crippen molar-refractivity contribution >= 4 is 11.6 Å². The Morgan fingerprint density at radius 3 is 2.39 bits per heavy atom. The second-order valence-electron chi connectivity index (χ2n) is 7.73. The largest absolute Gasteiger partial charge is 0.371 e. The summed E-state index contributed by atoms with van der Waals surface area (Å²) in [6.07, 6.45) is 2.49. The summed E-state index contributed by atoms with van der Waals surface area (Å²) in [4.78, 5) is 19.0. The molecular formula is C23H30FN3O. The molecule has 0 spiro atoms. The van der Waals surface area contributed by atoms with Crippen molar-refractivity contribution in [2.24, 2.45) is 0 Å². The molecule has 1 atom stereocenters. The molecule has 1 aliphatic heterocycles. The normalized spacial score (nSPS) is 15.1. The minimum Gasteiger partial charge on any atom is -0.371 e. The van der Waals surface area contributed by atoms with Gasteiger partial charge in [0.25, 0.3) is 0 Å². The van der Waals surface area contributed by atoms with Gasteiger partial charge in [0, 0.05) is 32.4 Å². The first-order chi connectivity index (χ1) is 13.5. The number of anilines is 1. The maximum absolute atomic E-state index is 13.1. The number of hydrogen-bond acceptors (Lipinski definition) is 3. The molecule has 28 heavy (non-hydrogen) atoms. The summed E-state index contributed by atoms with van der Waals surface area (Å²) in [6, 6.07) is 14.7. The molecule has 0 bridgehead atoms. The van der Waals surface area contributed by atoms with Crippen molar-refractivity contribution in [1.82, 2.24) is 9.80 Å². The zero-order valence-corrected chi connectivity index (χ0v) is 17.1. The second kappa shape index (κ2) is 9.20. The van der Waals surface area contributed by atoms with Gasteiger partial charge < -0.3 is 9.80 Å². The lowest BCUT2D eigenvalue weighted by Crippen LogP contribution is -2.38. The second-order valence-corrected chi connectivity index (χ2v) is 7.73. The molecule has 0 aromatic heterocycles. The van der Waals surface area contributed by atoms with Crippen LogP contribution in [0.15, 0.2) is 48.5 Å². The Kier molecular flexibility index (Phi) is 6.68. The Morgan fingerprint density at radius 1 is 1.07 bits per heavy atom. The quantitative estimate of drug-likeness (QED) is 0.721. The van der Waals surface area contributed by atoms with Crippen molar-refractivity contribution in [2.75, 3.05) is 38.6 Å². The van der Waals surface area contributed by atoms with Crippen LogP contribution < -0.4 is 4.90 Å². The Balaban J connectivity index is 1.60. The van der Waals surface area contributed by atoms with E-state index in [0.717, 1.165) is 25.2 Å². The maximum atomic E-state index is 13.1. The van der Waals surface area contributed by atoms with E-state index in [1.807, 2.05) is 21.0 Å². The number of carbonyl (C=O) groups excluding carboxylic acids is 1. The third-order valence-corrected chi connectivity index (χ3v) is 5.61. The third-order valence-electron chi connectivity index (χ3n) is 5.61. The fraction of sp³-hybridized carbons (Fsp3) is 0.435. The first kappa shape index (κ1) is 20.3. The van der Waals surface area contributed by atoms with Crippen molar-refractivity contribution in [3.8, 4) is 0 Å². The lowest BCUT2D eigenvalue weighted by molar-refractivity contribution is -0.132. The zero-order chi connectivity index (χ0) is 20.1. The van der Waals surface area contributed by atoms with Gasteiger partial charge in [-0.2, -0.15) is 0 Å². The Hall–Kier alpha value is -2.40. The Bertz CT molecular complexity index is 787. The summed E-state index contributed by atoms with van der Waals surface area (Å²) in [5, 5.41) is 0. The van der Waals surface area contributed by atoms with Gasteiger partial charge in [-0.25, -0.2) is 4.39 Å². The first-order valence-corrected chi connectivity index (χ1v) is 9.98. The van der Waals surface area contributed by atoms with Crippen molar-refractivity contribution in [3.63, 3.8) is 0 Å². The van der Waals surface area contributed by atoms with Gasteiger partial charge in [-0.15, -0.1) is 0 Å². The van der Waals surface area contributed by atoms with Crippen LogP contribution >= 0.6 is 0 Å². The predicted molar refractivity (Wildman–Crippen MR) is 112 cm³/mol. The van der Waals surface area contributed by atoms with Crippen molar-refractivity contribution in [1.29, 1.82) is 0 Å². The van der Waals surface area contributed by atoms with Crippen LogP contribution in [0, 0.1) is 5.82 Å². The number of halogens is 1. The summed E-state index contributed by atoms with van der Waals surface area (Å²) < 4.78 is 13.1. The highest BCUT2D eigenvalue weighted by atomic mass is 19.1. The van der Waals surface area contributed by atoms with E-state index in [0.29, 0.717) is 6.54 Å². The van der Waals surface area contributed by atoms with Gasteiger partial charge >= 0.3 is 0 Å². The van der Waals surface area contributed by atoms with E-state index in [4.69, 9.17) is 0 Å². The number of nitrogens with zero attached hydrogens (tertiary/aromatic N) is 3. The molecule has 2 aromatic rings. The van der Waals surface area contributed by atoms with E-state index in [1.54, 1.807) is 17.0 Å². The van der Waals surface area contributed by atoms with Crippen LogP contribution in [0.3, 0.4) is 0 Å². The molecule has 3 rings (SSSR count). The fourth-order valence-electron chi connectivity index (χ4n) is 3.78. The number of rotatable bonds is 7. The molecule has 2 aromatic carbocycles. The molecule has 150 valence electrons. The van der Waals surface area contributed by atoms with Crippen molar-refractivity contribution in [3.05, 3.63) is 65.5 Å². The summed E-state index contributed by atoms with van der Waals surface area (Å²) in [7, 11) is 3.79. The highest BCUT2D eigenvalue weighted by Crippen LogP contribution is 2.25. The predicted octanol–water partition coefficient (Wildman–Crippen LogP) is 4.08. The van der Waals surface area contributed by atoms with Crippen LogP contribution in [0.1, 0.15) is 36.9 Å². The lowest BCUT2D eigenvalue weighted by atomic mass is 10.1. The molecule has 1 aliphatic rings. The number of hydrogen-bond donors (Lipinski definition) is 0. The molecule has 0 saturated carbocycles. The van der Waals surface area contributed by atoms with E-state index < -0.39 is 0 Å². The van der Waals surface area contributed by atoms with Crippen LogP contribution in [0.25, 0.3) is 0 Å². The molecule has 1 fully saturated rings. The molecule has 0 radical (unpaired) electrons. The summed E-state index contributed by atoms with van der Waals surface area (Å²) >= 11 is 0. The summed E-state index contributed by atoms with van der Waals surface area (Å²) in [5.74, 6) is -0.209. The van der Waals surface area contributed by atoms with Gasteiger partial charge in [0.05, 0.1) is 12.6 Å². The molecule has 0 aliphatic carbocycles. The van der Waals surface area contributed by atoms with E-state index in [2.05, 4.69) is 34.1 Å². The summed E-state index contributed by atoms with van der Waals surface area (Å²) in [6.45, 7) is 5.26. The highest BCUT2D eigenvalue weighted by Gasteiger charge is 2.20. The van der Waals surface area contributed by atoms with E-state index in [9.17, 15) is 9.18 Å². The molecule has 5 heteroatoms. The van der Waals surface area contributed by atoms with Gasteiger partial charge in [-0.05, 0) is 56.1 Å². The monoisotopic (exact) mass is 383 g/mol. The molecule has 1 amide bonds. The minimum absolute atomic E-state index is 0.0537. The number of para-hydroxylation sites is 1. The van der Waals surface area contributed by atoms with Gasteiger partial charge in [-0.3, -0.25) is 9.69 Å². The fourth-order valence-corrected chi connectivity index (χ4v) is 3.78. The number of likely N-dealkylation sites (N-methyl/N-ethyl adjacent to an activating group) is 2. The molecule has 1 saturated heterocycles. The lowest BCUT2D eigenvalue weighted by Gasteiger charge is -2.28.